The van der Waals surface area contributed by atoms with Crippen LogP contribution < -0.4 is 5.32 Å². The molecule has 0 spiro atoms. The van der Waals surface area contributed by atoms with Crippen LogP contribution in [-0.4, -0.2) is 15.9 Å². The average molecular weight is 329 g/mol. The van der Waals surface area contributed by atoms with Crippen LogP contribution in [-0.2, 0) is 0 Å². The summed E-state index contributed by atoms with van der Waals surface area (Å²) in [5, 5.41) is 8.80. The molecule has 3 rings (SSSR count). The van der Waals surface area contributed by atoms with Crippen molar-refractivity contribution in [2.75, 3.05) is 0 Å². The van der Waals surface area contributed by atoms with Gasteiger partial charge in [-0.05, 0) is 26.0 Å². The first-order chi connectivity index (χ1) is 10.6. The van der Waals surface area contributed by atoms with Gasteiger partial charge >= 0.3 is 0 Å². The first-order valence-corrected chi connectivity index (χ1v) is 8.62. The van der Waals surface area contributed by atoms with Crippen molar-refractivity contribution in [1.29, 1.82) is 0 Å². The van der Waals surface area contributed by atoms with Crippen LogP contribution in [0.25, 0.3) is 11.3 Å². The summed E-state index contributed by atoms with van der Waals surface area (Å²) < 4.78 is 0. The number of nitrogens with zero attached hydrogens (tertiary/aromatic N) is 2. The van der Waals surface area contributed by atoms with Gasteiger partial charge in [0, 0.05) is 28.1 Å². The lowest BCUT2D eigenvalue weighted by atomic mass is 10.1. The van der Waals surface area contributed by atoms with E-state index in [4.69, 9.17) is 0 Å². The van der Waals surface area contributed by atoms with Gasteiger partial charge in [-0.3, -0.25) is 4.79 Å². The third kappa shape index (κ3) is 3.23. The summed E-state index contributed by atoms with van der Waals surface area (Å²) in [4.78, 5) is 21.1. The minimum Gasteiger partial charge on any atom is -0.343 e. The molecular formula is C16H15N3OS2. The fourth-order valence-corrected chi connectivity index (χ4v) is 3.37. The maximum atomic E-state index is 12.4. The van der Waals surface area contributed by atoms with Gasteiger partial charge in [0.05, 0.1) is 16.7 Å². The quantitative estimate of drug-likeness (QED) is 0.785. The normalized spacial score (nSPS) is 12.1. The van der Waals surface area contributed by atoms with Gasteiger partial charge in [-0.15, -0.1) is 22.7 Å². The summed E-state index contributed by atoms with van der Waals surface area (Å²) in [6, 6.07) is 7.44. The summed E-state index contributed by atoms with van der Waals surface area (Å²) in [7, 11) is 0. The molecule has 0 aliphatic heterocycles. The maximum Gasteiger partial charge on any atom is 0.251 e. The zero-order valence-electron chi connectivity index (χ0n) is 12.2. The number of nitrogens with one attached hydrogen (secondary N) is 1. The van der Waals surface area contributed by atoms with Crippen LogP contribution in [0.1, 0.15) is 33.3 Å². The first-order valence-electron chi connectivity index (χ1n) is 6.86. The van der Waals surface area contributed by atoms with Crippen LogP contribution >= 0.6 is 22.7 Å². The predicted octanol–water partition coefficient (Wildman–Crippen LogP) is 4.07. The highest BCUT2D eigenvalue weighted by Crippen LogP contribution is 2.23. The third-order valence-corrected chi connectivity index (χ3v) is 4.94. The van der Waals surface area contributed by atoms with Crippen molar-refractivity contribution in [2.24, 2.45) is 0 Å². The fourth-order valence-electron chi connectivity index (χ4n) is 2.11. The van der Waals surface area contributed by atoms with E-state index in [1.165, 1.54) is 11.3 Å². The Morgan fingerprint density at radius 1 is 1.32 bits per heavy atom. The lowest BCUT2D eigenvalue weighted by Crippen LogP contribution is -2.26. The fraction of sp³-hybridized carbons (Fsp3) is 0.188. The molecule has 2 aromatic heterocycles. The predicted molar refractivity (Wildman–Crippen MR) is 90.3 cm³/mol. The van der Waals surface area contributed by atoms with E-state index in [0.29, 0.717) is 5.56 Å². The van der Waals surface area contributed by atoms with Crippen LogP contribution in [0.5, 0.6) is 0 Å². The number of aromatic nitrogens is 2. The third-order valence-electron chi connectivity index (χ3n) is 3.21. The van der Waals surface area contributed by atoms with Crippen LogP contribution in [0.2, 0.25) is 0 Å². The van der Waals surface area contributed by atoms with Gasteiger partial charge in [0.2, 0.25) is 0 Å². The summed E-state index contributed by atoms with van der Waals surface area (Å²) in [6.45, 7) is 3.91. The number of rotatable bonds is 4. The molecule has 0 aliphatic carbocycles. The Morgan fingerprint density at radius 2 is 2.18 bits per heavy atom. The molecule has 1 N–H and O–H groups in total. The monoisotopic (exact) mass is 329 g/mol. The van der Waals surface area contributed by atoms with Gasteiger partial charge in [0.25, 0.3) is 5.91 Å². The van der Waals surface area contributed by atoms with Crippen molar-refractivity contribution in [3.63, 3.8) is 0 Å². The largest absolute Gasteiger partial charge is 0.343 e. The molecule has 1 amide bonds. The topological polar surface area (TPSA) is 54.9 Å². The second-order valence-electron chi connectivity index (χ2n) is 4.90. The lowest BCUT2D eigenvalue weighted by molar-refractivity contribution is 0.0940. The number of amides is 1. The van der Waals surface area contributed by atoms with Crippen molar-refractivity contribution in [3.05, 3.63) is 56.8 Å². The van der Waals surface area contributed by atoms with Crippen molar-refractivity contribution in [2.45, 2.75) is 19.9 Å². The van der Waals surface area contributed by atoms with E-state index in [0.717, 1.165) is 21.3 Å². The molecular weight excluding hydrogens is 314 g/mol. The molecule has 6 heteroatoms. The molecule has 0 unspecified atom stereocenters. The molecule has 22 heavy (non-hydrogen) atoms. The molecule has 1 atom stereocenters. The highest BCUT2D eigenvalue weighted by Gasteiger charge is 2.14. The van der Waals surface area contributed by atoms with Crippen LogP contribution in [0.4, 0.5) is 0 Å². The number of aryl methyl sites for hydroxylation is 1. The second kappa shape index (κ2) is 6.37. The highest BCUT2D eigenvalue weighted by atomic mass is 32.1. The van der Waals surface area contributed by atoms with Gasteiger partial charge in [0.1, 0.15) is 5.01 Å². The van der Waals surface area contributed by atoms with E-state index in [-0.39, 0.29) is 11.9 Å². The Morgan fingerprint density at radius 3 is 2.86 bits per heavy atom. The lowest BCUT2D eigenvalue weighted by Gasteiger charge is -2.11. The number of hydrogen-bond acceptors (Lipinski definition) is 5. The number of hydrogen-bond donors (Lipinski definition) is 1. The Balaban J connectivity index is 1.78. The summed E-state index contributed by atoms with van der Waals surface area (Å²) in [5.74, 6) is -0.100. The number of carbonyl (C=O) groups is 1. The Hall–Kier alpha value is -2.05. The Labute approximate surface area is 136 Å². The van der Waals surface area contributed by atoms with Crippen LogP contribution in [0, 0.1) is 6.92 Å². The van der Waals surface area contributed by atoms with E-state index >= 15 is 0 Å². The Kier molecular flexibility index (Phi) is 4.31. The first kappa shape index (κ1) is 14.9. The second-order valence-corrected chi connectivity index (χ2v) is 6.89. The highest BCUT2D eigenvalue weighted by molar-refractivity contribution is 7.10. The van der Waals surface area contributed by atoms with E-state index in [2.05, 4.69) is 15.3 Å². The van der Waals surface area contributed by atoms with Crippen LogP contribution in [0.15, 0.2) is 41.2 Å². The molecule has 0 saturated carbocycles. The number of benzene rings is 1. The molecule has 0 saturated heterocycles. The molecule has 0 fully saturated rings. The Bertz CT molecular complexity index is 780. The van der Waals surface area contributed by atoms with Gasteiger partial charge in [-0.1, -0.05) is 12.1 Å². The molecule has 0 bridgehead atoms. The maximum absolute atomic E-state index is 12.4. The summed E-state index contributed by atoms with van der Waals surface area (Å²) in [6.07, 6.45) is 1.74. The minimum atomic E-state index is -0.100. The average Bonchev–Trinajstić information content (AvgIpc) is 3.18. The van der Waals surface area contributed by atoms with Gasteiger partial charge < -0.3 is 5.32 Å². The van der Waals surface area contributed by atoms with E-state index < -0.39 is 0 Å². The zero-order valence-corrected chi connectivity index (χ0v) is 13.9. The van der Waals surface area contributed by atoms with Crippen molar-refractivity contribution < 1.29 is 4.79 Å². The van der Waals surface area contributed by atoms with Gasteiger partial charge in [-0.25, -0.2) is 9.97 Å². The summed E-state index contributed by atoms with van der Waals surface area (Å²) in [5.41, 5.74) is 2.50. The van der Waals surface area contributed by atoms with Crippen molar-refractivity contribution in [3.8, 4) is 11.3 Å². The molecule has 3 aromatic rings. The van der Waals surface area contributed by atoms with Gasteiger partial charge in [0.15, 0.2) is 0 Å². The number of thiazole rings is 2. The number of carbonyl (C=O) groups excluding carboxylic acids is 1. The van der Waals surface area contributed by atoms with Crippen molar-refractivity contribution >= 4 is 28.6 Å². The molecule has 0 radical (unpaired) electrons. The molecule has 112 valence electrons. The molecule has 2 heterocycles. The summed E-state index contributed by atoms with van der Waals surface area (Å²) >= 11 is 3.14. The SMILES string of the molecule is Cc1nc(-c2cccc(C(=O)N[C@@H](C)c3nccs3)c2)cs1. The van der Waals surface area contributed by atoms with Gasteiger partial charge in [-0.2, -0.15) is 0 Å². The van der Waals surface area contributed by atoms with E-state index in [9.17, 15) is 4.79 Å². The van der Waals surface area contributed by atoms with Crippen LogP contribution in [0.3, 0.4) is 0 Å². The molecule has 4 nitrogen and oxygen atoms in total. The van der Waals surface area contributed by atoms with E-state index in [1.807, 2.05) is 48.9 Å². The standard InChI is InChI=1S/C16H15N3OS2/c1-10(16-17-6-7-21-16)18-15(20)13-5-3-4-12(8-13)14-9-22-11(2)19-14/h3-10H,1-2H3,(H,18,20)/t10-/m0/s1. The molecule has 0 aliphatic rings. The zero-order chi connectivity index (χ0) is 15.5. The minimum absolute atomic E-state index is 0.0994. The smallest absolute Gasteiger partial charge is 0.251 e. The molecule has 1 aromatic carbocycles. The van der Waals surface area contributed by atoms with Crippen molar-refractivity contribution in [1.82, 2.24) is 15.3 Å². The van der Waals surface area contributed by atoms with E-state index in [1.54, 1.807) is 17.5 Å².